The molecule has 0 atom stereocenters. The van der Waals surface area contributed by atoms with Gasteiger partial charge in [0.05, 0.1) is 30.5 Å². The zero-order valence-electron chi connectivity index (χ0n) is 15.3. The van der Waals surface area contributed by atoms with Crippen LogP contribution in [0.4, 0.5) is 17.1 Å². The molecular formula is C18H21N5O4. The van der Waals surface area contributed by atoms with Gasteiger partial charge in [0.2, 0.25) is 0 Å². The molecule has 2 aromatic rings. The average Bonchev–Trinajstić information content (AvgIpc) is 2.66. The molecule has 0 aliphatic carbocycles. The second-order valence-corrected chi connectivity index (χ2v) is 5.75. The third kappa shape index (κ3) is 5.43. The lowest BCUT2D eigenvalue weighted by Gasteiger charge is -2.12. The first kappa shape index (κ1) is 19.7. The zero-order chi connectivity index (χ0) is 19.8. The van der Waals surface area contributed by atoms with Gasteiger partial charge in [-0.15, -0.1) is 0 Å². The maximum atomic E-state index is 11.9. The van der Waals surface area contributed by atoms with Gasteiger partial charge in [0.25, 0.3) is 11.6 Å². The van der Waals surface area contributed by atoms with Crippen molar-refractivity contribution in [2.45, 2.75) is 0 Å². The topological polar surface area (TPSA) is 109 Å². The molecular weight excluding hydrogens is 350 g/mol. The van der Waals surface area contributed by atoms with Crippen LogP contribution < -0.4 is 20.4 Å². The molecule has 2 N–H and O–H groups in total. The Morgan fingerprint density at radius 2 is 2.04 bits per heavy atom. The minimum Gasteiger partial charge on any atom is -0.495 e. The quantitative estimate of drug-likeness (QED) is 0.418. The number of hydrogen-bond donors (Lipinski definition) is 2. The molecule has 0 saturated carbocycles. The second-order valence-electron chi connectivity index (χ2n) is 5.75. The number of methoxy groups -OCH3 is 1. The lowest BCUT2D eigenvalue weighted by atomic mass is 10.2. The summed E-state index contributed by atoms with van der Waals surface area (Å²) in [5.74, 6) is 0.263. The van der Waals surface area contributed by atoms with E-state index in [0.717, 1.165) is 0 Å². The fraction of sp³-hybridized carbons (Fsp3) is 0.222. The molecule has 0 fully saturated rings. The Morgan fingerprint density at radius 1 is 1.30 bits per heavy atom. The molecule has 9 nitrogen and oxygen atoms in total. The van der Waals surface area contributed by atoms with Gasteiger partial charge in [0.1, 0.15) is 11.4 Å². The van der Waals surface area contributed by atoms with E-state index in [1.54, 1.807) is 50.4 Å². The summed E-state index contributed by atoms with van der Waals surface area (Å²) in [6.07, 6.45) is 1.35. The van der Waals surface area contributed by atoms with E-state index in [9.17, 15) is 14.9 Å². The average molecular weight is 371 g/mol. The molecule has 0 bridgehead atoms. The van der Waals surface area contributed by atoms with Gasteiger partial charge >= 0.3 is 0 Å². The van der Waals surface area contributed by atoms with Crippen LogP contribution in [-0.4, -0.2) is 44.8 Å². The van der Waals surface area contributed by atoms with Gasteiger partial charge in [-0.3, -0.25) is 14.9 Å². The highest BCUT2D eigenvalue weighted by Gasteiger charge is 2.15. The summed E-state index contributed by atoms with van der Waals surface area (Å²) in [4.78, 5) is 24.3. The van der Waals surface area contributed by atoms with Crippen LogP contribution >= 0.6 is 0 Å². The second kappa shape index (κ2) is 9.18. The van der Waals surface area contributed by atoms with Crippen LogP contribution in [0.3, 0.4) is 0 Å². The smallest absolute Gasteiger partial charge is 0.293 e. The molecule has 0 heterocycles. The molecule has 0 aliphatic rings. The van der Waals surface area contributed by atoms with E-state index in [0.29, 0.717) is 22.7 Å². The summed E-state index contributed by atoms with van der Waals surface area (Å²) in [6, 6.07) is 11.9. The van der Waals surface area contributed by atoms with Crippen LogP contribution in [0.15, 0.2) is 47.6 Å². The van der Waals surface area contributed by atoms with Crippen molar-refractivity contribution in [3.8, 4) is 5.75 Å². The van der Waals surface area contributed by atoms with Crippen LogP contribution in [0, 0.1) is 10.1 Å². The van der Waals surface area contributed by atoms with Crippen molar-refractivity contribution in [1.82, 2.24) is 5.43 Å². The Balaban J connectivity index is 1.95. The number of para-hydroxylation sites is 2. The third-order valence-corrected chi connectivity index (χ3v) is 3.63. The standard InChI is InChI=1S/C18H21N5O4/c1-22(2)15-9-8-13(10-16(15)23(25)26)11-20-21-18(24)12-19-14-6-4-5-7-17(14)27-3/h4-11,19H,12H2,1-3H3,(H,21,24). The molecule has 0 aliphatic heterocycles. The maximum absolute atomic E-state index is 11.9. The summed E-state index contributed by atoms with van der Waals surface area (Å²) < 4.78 is 5.19. The predicted molar refractivity (Wildman–Crippen MR) is 105 cm³/mol. The molecule has 0 radical (unpaired) electrons. The van der Waals surface area contributed by atoms with Gasteiger partial charge in [-0.05, 0) is 18.2 Å². The van der Waals surface area contributed by atoms with E-state index in [4.69, 9.17) is 4.74 Å². The number of nitro groups is 1. The number of rotatable bonds is 8. The maximum Gasteiger partial charge on any atom is 0.293 e. The predicted octanol–water partition coefficient (Wildman–Crippen LogP) is 2.23. The van der Waals surface area contributed by atoms with Crippen molar-refractivity contribution in [3.05, 3.63) is 58.1 Å². The molecule has 0 unspecified atom stereocenters. The van der Waals surface area contributed by atoms with E-state index in [1.807, 2.05) is 12.1 Å². The highest BCUT2D eigenvalue weighted by Crippen LogP contribution is 2.27. The van der Waals surface area contributed by atoms with Crippen molar-refractivity contribution >= 4 is 29.2 Å². The Kier molecular flexibility index (Phi) is 6.70. The van der Waals surface area contributed by atoms with E-state index >= 15 is 0 Å². The fourth-order valence-electron chi connectivity index (χ4n) is 2.33. The normalized spacial score (nSPS) is 10.5. The summed E-state index contributed by atoms with van der Waals surface area (Å²) >= 11 is 0. The number of hydrogen-bond acceptors (Lipinski definition) is 7. The lowest BCUT2D eigenvalue weighted by Crippen LogP contribution is -2.26. The van der Waals surface area contributed by atoms with E-state index in [-0.39, 0.29) is 18.1 Å². The number of nitrogens with one attached hydrogen (secondary N) is 2. The number of nitrogens with zero attached hydrogens (tertiary/aromatic N) is 3. The third-order valence-electron chi connectivity index (χ3n) is 3.63. The highest BCUT2D eigenvalue weighted by molar-refractivity contribution is 5.86. The summed E-state index contributed by atoms with van der Waals surface area (Å²) in [7, 11) is 5.00. The summed E-state index contributed by atoms with van der Waals surface area (Å²) in [5.41, 5.74) is 4.02. The van der Waals surface area contributed by atoms with Crippen molar-refractivity contribution in [3.63, 3.8) is 0 Å². The molecule has 0 saturated heterocycles. The van der Waals surface area contributed by atoms with Gasteiger partial charge in [0.15, 0.2) is 0 Å². The van der Waals surface area contributed by atoms with Gasteiger partial charge in [-0.2, -0.15) is 5.10 Å². The first-order chi connectivity index (χ1) is 12.9. The fourth-order valence-corrected chi connectivity index (χ4v) is 2.33. The largest absolute Gasteiger partial charge is 0.495 e. The summed E-state index contributed by atoms with van der Waals surface area (Å²) in [6.45, 7) is -0.00255. The monoisotopic (exact) mass is 371 g/mol. The number of nitro benzene ring substituents is 1. The van der Waals surface area contributed by atoms with E-state index in [2.05, 4.69) is 15.8 Å². The number of benzene rings is 2. The number of ether oxygens (including phenoxy) is 1. The van der Waals surface area contributed by atoms with Crippen LogP contribution in [0.1, 0.15) is 5.56 Å². The van der Waals surface area contributed by atoms with Crippen molar-refractivity contribution in [2.24, 2.45) is 5.10 Å². The number of carbonyl (C=O) groups excluding carboxylic acids is 1. The van der Waals surface area contributed by atoms with E-state index in [1.165, 1.54) is 12.3 Å². The molecule has 27 heavy (non-hydrogen) atoms. The minimum absolute atomic E-state index is 0.00255. The highest BCUT2D eigenvalue weighted by atomic mass is 16.6. The minimum atomic E-state index is -0.456. The zero-order valence-corrected chi connectivity index (χ0v) is 15.3. The number of hydrazone groups is 1. The summed E-state index contributed by atoms with van der Waals surface area (Å²) in [5, 5.41) is 18.0. The van der Waals surface area contributed by atoms with Crippen molar-refractivity contribution in [1.29, 1.82) is 0 Å². The van der Waals surface area contributed by atoms with E-state index < -0.39 is 4.92 Å². The number of anilines is 2. The molecule has 0 aromatic heterocycles. The first-order valence-electron chi connectivity index (χ1n) is 8.07. The van der Waals surface area contributed by atoms with Crippen molar-refractivity contribution in [2.75, 3.05) is 38.0 Å². The Hall–Kier alpha value is -3.62. The van der Waals surface area contributed by atoms with Gasteiger partial charge in [-0.25, -0.2) is 5.43 Å². The van der Waals surface area contributed by atoms with Gasteiger partial charge in [-0.1, -0.05) is 18.2 Å². The number of carbonyl (C=O) groups is 1. The lowest BCUT2D eigenvalue weighted by molar-refractivity contribution is -0.384. The first-order valence-corrected chi connectivity index (χ1v) is 8.07. The van der Waals surface area contributed by atoms with Gasteiger partial charge in [0, 0.05) is 25.7 Å². The molecule has 2 aromatic carbocycles. The molecule has 142 valence electrons. The van der Waals surface area contributed by atoms with Crippen LogP contribution in [0.25, 0.3) is 0 Å². The Morgan fingerprint density at radius 3 is 2.70 bits per heavy atom. The SMILES string of the molecule is COc1ccccc1NCC(=O)NN=Cc1ccc(N(C)C)c([N+](=O)[O-])c1. The molecule has 0 spiro atoms. The molecule has 2 rings (SSSR count). The van der Waals surface area contributed by atoms with Gasteiger partial charge < -0.3 is 15.0 Å². The Labute approximate surface area is 156 Å². The molecule has 9 heteroatoms. The van der Waals surface area contributed by atoms with Crippen LogP contribution in [0.2, 0.25) is 0 Å². The Bertz CT molecular complexity index is 851. The van der Waals surface area contributed by atoms with Crippen LogP contribution in [-0.2, 0) is 4.79 Å². The van der Waals surface area contributed by atoms with Crippen molar-refractivity contribution < 1.29 is 14.5 Å². The van der Waals surface area contributed by atoms with Crippen LogP contribution in [0.5, 0.6) is 5.75 Å². The molecule has 1 amide bonds. The number of amides is 1.